The van der Waals surface area contributed by atoms with E-state index in [1.165, 1.54) is 0 Å². The van der Waals surface area contributed by atoms with Crippen molar-refractivity contribution in [2.75, 3.05) is 0 Å². The molecule has 4 aliphatic rings. The Kier molecular flexibility index (Phi) is 3.53. The van der Waals surface area contributed by atoms with Crippen LogP contribution in [0.1, 0.15) is 22.1 Å². The van der Waals surface area contributed by atoms with Gasteiger partial charge in [0, 0.05) is 38.9 Å². The van der Waals surface area contributed by atoms with Crippen molar-refractivity contribution in [2.24, 2.45) is 4.99 Å². The van der Waals surface area contributed by atoms with Gasteiger partial charge in [-0.3, -0.25) is 9.20 Å². The highest BCUT2D eigenvalue weighted by Gasteiger charge is 2.43. The van der Waals surface area contributed by atoms with Gasteiger partial charge in [0.1, 0.15) is 5.75 Å². The van der Waals surface area contributed by atoms with Gasteiger partial charge in [0.2, 0.25) is 0 Å². The third-order valence-electron chi connectivity index (χ3n) is 5.74. The largest absolute Gasteiger partial charge is 0.473 e. The Balaban J connectivity index is 1.51. The molecule has 1 spiro atoms. The molecule has 2 aromatic carbocycles. The van der Waals surface area contributed by atoms with Gasteiger partial charge in [-0.25, -0.2) is 0 Å². The van der Waals surface area contributed by atoms with Crippen molar-refractivity contribution >= 4 is 23.1 Å². The fourth-order valence-electron chi connectivity index (χ4n) is 4.32. The first-order valence-electron chi connectivity index (χ1n) is 9.58. The maximum atomic E-state index is 13.3. The van der Waals surface area contributed by atoms with Crippen LogP contribution in [0.2, 0.25) is 0 Å². The van der Waals surface area contributed by atoms with Gasteiger partial charge >= 0.3 is 0 Å². The standard InChI is InChI=1S/C25H17NO2S/c27-29(21-10-2-1-3-11-21)24-22-18(16-26-24)13-12-17-15-20-9-6-8-19-7-4-5-14-25(19,20)28-23(17)22/h1-16,24H. The zero-order valence-corrected chi connectivity index (χ0v) is 16.3. The second-order valence-corrected chi connectivity index (χ2v) is 8.88. The van der Waals surface area contributed by atoms with Crippen molar-refractivity contribution in [3.8, 4) is 5.75 Å². The molecule has 6 rings (SSSR count). The number of ether oxygens (including phenoxy) is 1. The molecular formula is C25H17NO2S. The van der Waals surface area contributed by atoms with Crippen LogP contribution in [-0.4, -0.2) is 16.0 Å². The van der Waals surface area contributed by atoms with Crippen molar-refractivity contribution < 1.29 is 8.95 Å². The summed E-state index contributed by atoms with van der Waals surface area (Å²) in [6, 6.07) is 13.6. The summed E-state index contributed by atoms with van der Waals surface area (Å²) in [6.07, 6.45) is 18.5. The van der Waals surface area contributed by atoms with Gasteiger partial charge in [-0.05, 0) is 24.3 Å². The van der Waals surface area contributed by atoms with Gasteiger partial charge in [0.25, 0.3) is 0 Å². The second kappa shape index (κ2) is 6.13. The van der Waals surface area contributed by atoms with Gasteiger partial charge in [-0.2, -0.15) is 0 Å². The molecule has 2 aliphatic heterocycles. The zero-order chi connectivity index (χ0) is 19.4. The molecule has 4 heteroatoms. The van der Waals surface area contributed by atoms with Gasteiger partial charge in [0.05, 0.1) is 10.8 Å². The molecule has 0 bridgehead atoms. The highest BCUT2D eigenvalue weighted by molar-refractivity contribution is 7.85. The van der Waals surface area contributed by atoms with E-state index in [4.69, 9.17) is 4.74 Å². The molecule has 3 atom stereocenters. The highest BCUT2D eigenvalue weighted by atomic mass is 32.2. The molecule has 2 heterocycles. The van der Waals surface area contributed by atoms with Crippen LogP contribution in [-0.2, 0) is 10.8 Å². The van der Waals surface area contributed by atoms with Crippen molar-refractivity contribution in [3.63, 3.8) is 0 Å². The Labute approximate surface area is 171 Å². The molecule has 3 nitrogen and oxygen atoms in total. The molecule has 0 saturated carbocycles. The summed E-state index contributed by atoms with van der Waals surface area (Å²) in [6.45, 7) is 0. The van der Waals surface area contributed by atoms with Gasteiger partial charge < -0.3 is 4.74 Å². The van der Waals surface area contributed by atoms with Crippen LogP contribution >= 0.6 is 0 Å². The Morgan fingerprint density at radius 3 is 2.66 bits per heavy atom. The summed E-state index contributed by atoms with van der Waals surface area (Å²) >= 11 is 0. The predicted molar refractivity (Wildman–Crippen MR) is 116 cm³/mol. The van der Waals surface area contributed by atoms with E-state index in [0.29, 0.717) is 0 Å². The van der Waals surface area contributed by atoms with E-state index in [2.05, 4.69) is 47.5 Å². The van der Waals surface area contributed by atoms with Gasteiger partial charge in [-0.1, -0.05) is 66.8 Å². The Morgan fingerprint density at radius 2 is 1.76 bits per heavy atom. The van der Waals surface area contributed by atoms with Crippen LogP contribution in [0.5, 0.6) is 5.75 Å². The predicted octanol–water partition coefficient (Wildman–Crippen LogP) is 5.06. The number of nitrogens with zero attached hydrogens (tertiary/aromatic N) is 1. The smallest absolute Gasteiger partial charge is 0.178 e. The molecule has 29 heavy (non-hydrogen) atoms. The molecule has 0 saturated heterocycles. The number of hydrogen-bond acceptors (Lipinski definition) is 3. The Morgan fingerprint density at radius 1 is 0.931 bits per heavy atom. The van der Waals surface area contributed by atoms with Crippen molar-refractivity contribution in [1.29, 1.82) is 0 Å². The lowest BCUT2D eigenvalue weighted by molar-refractivity contribution is 0.196. The topological polar surface area (TPSA) is 38.7 Å². The normalized spacial score (nSPS) is 25.9. The van der Waals surface area contributed by atoms with Crippen LogP contribution in [0.4, 0.5) is 0 Å². The SMILES string of the molecule is O=S(c1ccccc1)C1N=Cc2ccc3c(c21)OC12C=CC=CC1=CC=CC2=C3. The Bertz CT molecular complexity index is 1250. The summed E-state index contributed by atoms with van der Waals surface area (Å²) in [5.74, 6) is 0.777. The van der Waals surface area contributed by atoms with Crippen molar-refractivity contribution in [2.45, 2.75) is 15.9 Å². The lowest BCUT2D eigenvalue weighted by atomic mass is 9.77. The molecule has 3 unspecified atom stereocenters. The Hall–Kier alpha value is -3.24. The van der Waals surface area contributed by atoms with Crippen LogP contribution in [0.25, 0.3) is 6.08 Å². The van der Waals surface area contributed by atoms with E-state index >= 15 is 0 Å². The van der Waals surface area contributed by atoms with Gasteiger partial charge in [-0.15, -0.1) is 0 Å². The summed E-state index contributed by atoms with van der Waals surface area (Å²) in [7, 11) is -1.30. The van der Waals surface area contributed by atoms with Crippen molar-refractivity contribution in [1.82, 2.24) is 0 Å². The number of benzene rings is 2. The average molecular weight is 395 g/mol. The highest BCUT2D eigenvalue weighted by Crippen LogP contribution is 2.50. The fourth-order valence-corrected chi connectivity index (χ4v) is 5.63. The summed E-state index contributed by atoms with van der Waals surface area (Å²) in [5, 5.41) is -0.469. The first-order chi connectivity index (χ1) is 14.3. The lowest BCUT2D eigenvalue weighted by Crippen LogP contribution is -2.41. The summed E-state index contributed by atoms with van der Waals surface area (Å²) < 4.78 is 20.1. The van der Waals surface area contributed by atoms with Crippen molar-refractivity contribution in [3.05, 3.63) is 113 Å². The average Bonchev–Trinajstić information content (AvgIpc) is 3.21. The number of aliphatic imine (C=N–C) groups is 1. The molecular weight excluding hydrogens is 378 g/mol. The third-order valence-corrected chi connectivity index (χ3v) is 7.24. The minimum Gasteiger partial charge on any atom is -0.473 e. The summed E-state index contributed by atoms with van der Waals surface area (Å²) in [4.78, 5) is 5.38. The van der Waals surface area contributed by atoms with Crippen LogP contribution in [0.15, 0.2) is 106 Å². The van der Waals surface area contributed by atoms with E-state index in [9.17, 15) is 4.21 Å². The van der Waals surface area contributed by atoms with E-state index < -0.39 is 21.8 Å². The molecule has 0 amide bonds. The minimum atomic E-state index is -1.30. The van der Waals surface area contributed by atoms with E-state index in [1.54, 1.807) is 0 Å². The third kappa shape index (κ3) is 2.36. The summed E-state index contributed by atoms with van der Waals surface area (Å²) in [5.41, 5.74) is 4.44. The number of allylic oxidation sites excluding steroid dienone is 4. The molecule has 2 aromatic rings. The molecule has 0 N–H and O–H groups in total. The first-order valence-corrected chi connectivity index (χ1v) is 10.8. The maximum Gasteiger partial charge on any atom is 0.178 e. The maximum absolute atomic E-state index is 13.3. The lowest BCUT2D eigenvalue weighted by Gasteiger charge is -2.41. The van der Waals surface area contributed by atoms with Crippen LogP contribution < -0.4 is 4.74 Å². The molecule has 0 radical (unpaired) electrons. The van der Waals surface area contributed by atoms with E-state index in [1.807, 2.05) is 54.8 Å². The molecule has 140 valence electrons. The van der Waals surface area contributed by atoms with Crippen LogP contribution in [0, 0.1) is 0 Å². The van der Waals surface area contributed by atoms with Crippen LogP contribution in [0.3, 0.4) is 0 Å². The van der Waals surface area contributed by atoms with Gasteiger partial charge in [0.15, 0.2) is 11.0 Å². The fraction of sp³-hybridized carbons (Fsp3) is 0.0800. The second-order valence-electron chi connectivity index (χ2n) is 7.36. The van der Waals surface area contributed by atoms with E-state index in [0.717, 1.165) is 38.5 Å². The van der Waals surface area contributed by atoms with E-state index in [-0.39, 0.29) is 0 Å². The number of fused-ring (bicyclic) bond motifs is 3. The monoisotopic (exact) mass is 395 g/mol. The quantitative estimate of drug-likeness (QED) is 0.713. The number of rotatable bonds is 2. The molecule has 0 aromatic heterocycles. The molecule has 2 aliphatic carbocycles. The number of hydrogen-bond donors (Lipinski definition) is 0. The molecule has 0 fully saturated rings. The zero-order valence-electron chi connectivity index (χ0n) is 15.5. The first kappa shape index (κ1) is 16.7. The minimum absolute atomic E-state index is 0.469.